The molecule has 72 valence electrons. The van der Waals surface area contributed by atoms with Crippen molar-refractivity contribution in [1.82, 2.24) is 4.98 Å². The van der Waals surface area contributed by atoms with Gasteiger partial charge in [0.1, 0.15) is 0 Å². The summed E-state index contributed by atoms with van der Waals surface area (Å²) < 4.78 is 24.4. The van der Waals surface area contributed by atoms with Crippen molar-refractivity contribution in [3.63, 3.8) is 0 Å². The van der Waals surface area contributed by atoms with E-state index in [0.29, 0.717) is 0 Å². The Kier molecular flexibility index (Phi) is 5.17. The zero-order valence-corrected chi connectivity index (χ0v) is 7.33. The van der Waals surface area contributed by atoms with Gasteiger partial charge in [0.15, 0.2) is 0 Å². The third-order valence-electron chi connectivity index (χ3n) is 1.08. The molecule has 1 rings (SSSR count). The zero-order chi connectivity index (χ0) is 10.4. The highest BCUT2D eigenvalue weighted by molar-refractivity contribution is 6.58. The lowest BCUT2D eigenvalue weighted by Crippen LogP contribution is -2.30. The van der Waals surface area contributed by atoms with Gasteiger partial charge in [-0.05, 0) is 17.6 Å². The van der Waals surface area contributed by atoms with Crippen molar-refractivity contribution in [2.75, 3.05) is 0 Å². The smallest absolute Gasteiger partial charge is 0.423 e. The molecule has 0 radical (unpaired) electrons. The monoisotopic (exact) mass is 189 g/mol. The van der Waals surface area contributed by atoms with Crippen LogP contribution in [0, 0.1) is 11.9 Å². The molecule has 3 nitrogen and oxygen atoms in total. The lowest BCUT2D eigenvalue weighted by molar-refractivity contribution is 0.424. The maximum atomic E-state index is 12.2. The number of rotatable bonds is 1. The average Bonchev–Trinajstić information content (AvgIpc) is 2.06. The van der Waals surface area contributed by atoms with Gasteiger partial charge in [-0.2, -0.15) is 13.8 Å². The molecule has 0 spiro atoms. The van der Waals surface area contributed by atoms with Crippen molar-refractivity contribution in [3.05, 3.63) is 24.0 Å². The SMILES string of the molecule is CC.OB(O)c1cc(F)nc(F)c1. The van der Waals surface area contributed by atoms with Crippen molar-refractivity contribution in [1.29, 1.82) is 0 Å². The minimum atomic E-state index is -1.87. The quantitative estimate of drug-likeness (QED) is 0.485. The van der Waals surface area contributed by atoms with Crippen LogP contribution in [-0.2, 0) is 0 Å². The van der Waals surface area contributed by atoms with Gasteiger partial charge in [0.25, 0.3) is 0 Å². The Labute approximate surface area is 75.2 Å². The lowest BCUT2D eigenvalue weighted by atomic mass is 9.81. The van der Waals surface area contributed by atoms with Gasteiger partial charge in [-0.25, -0.2) is 0 Å². The third kappa shape index (κ3) is 3.96. The molecule has 0 saturated heterocycles. The van der Waals surface area contributed by atoms with Crippen molar-refractivity contribution < 1.29 is 18.8 Å². The van der Waals surface area contributed by atoms with Crippen LogP contribution in [0.3, 0.4) is 0 Å². The van der Waals surface area contributed by atoms with Gasteiger partial charge in [0.05, 0.1) is 0 Å². The van der Waals surface area contributed by atoms with Crippen LogP contribution in [0.4, 0.5) is 8.78 Å². The second-order valence-electron chi connectivity index (χ2n) is 1.92. The van der Waals surface area contributed by atoms with Gasteiger partial charge in [0.2, 0.25) is 11.9 Å². The van der Waals surface area contributed by atoms with Crippen LogP contribution >= 0.6 is 0 Å². The van der Waals surface area contributed by atoms with Gasteiger partial charge >= 0.3 is 7.12 Å². The second-order valence-corrected chi connectivity index (χ2v) is 1.92. The highest BCUT2D eigenvalue weighted by Gasteiger charge is 2.13. The fourth-order valence-corrected chi connectivity index (χ4v) is 0.632. The summed E-state index contributed by atoms with van der Waals surface area (Å²) >= 11 is 0. The fraction of sp³-hybridized carbons (Fsp3) is 0.286. The van der Waals surface area contributed by atoms with Crippen LogP contribution < -0.4 is 5.46 Å². The molecule has 13 heavy (non-hydrogen) atoms. The molecule has 0 amide bonds. The number of hydrogen-bond acceptors (Lipinski definition) is 3. The standard InChI is InChI=1S/C5H4BF2NO2.C2H6/c7-4-1-3(6(10)11)2-5(8)9-4;1-2/h1-2,10-11H;1-2H3. The number of hydrogen-bond donors (Lipinski definition) is 2. The number of aromatic nitrogens is 1. The molecule has 0 saturated carbocycles. The van der Waals surface area contributed by atoms with E-state index in [-0.39, 0.29) is 5.46 Å². The van der Waals surface area contributed by atoms with Gasteiger partial charge in [0, 0.05) is 0 Å². The predicted octanol–water partition coefficient (Wildman–Crippen LogP) is 0.0658. The van der Waals surface area contributed by atoms with Crippen molar-refractivity contribution >= 4 is 12.6 Å². The normalized spacial score (nSPS) is 8.77. The van der Waals surface area contributed by atoms with Crippen LogP contribution in [0.15, 0.2) is 12.1 Å². The summed E-state index contributed by atoms with van der Waals surface area (Å²) in [6.07, 6.45) is 0. The molecule has 1 aromatic rings. The molecule has 6 heteroatoms. The Bertz CT molecular complexity index is 250. The van der Waals surface area contributed by atoms with Crippen LogP contribution in [0.25, 0.3) is 0 Å². The summed E-state index contributed by atoms with van der Waals surface area (Å²) in [6, 6.07) is 1.49. The molecule has 0 aliphatic carbocycles. The molecule has 0 atom stereocenters. The van der Waals surface area contributed by atoms with Crippen molar-refractivity contribution in [2.45, 2.75) is 13.8 Å². The Hall–Kier alpha value is -1.01. The summed E-state index contributed by atoms with van der Waals surface area (Å²) in [7, 11) is -1.87. The van der Waals surface area contributed by atoms with Crippen molar-refractivity contribution in [2.24, 2.45) is 0 Å². The Balaban J connectivity index is 0.000000671. The summed E-state index contributed by atoms with van der Waals surface area (Å²) in [6.45, 7) is 4.00. The summed E-state index contributed by atoms with van der Waals surface area (Å²) in [5, 5.41) is 16.9. The van der Waals surface area contributed by atoms with E-state index in [1.54, 1.807) is 0 Å². The molecule has 1 aromatic heterocycles. The Morgan fingerprint density at radius 2 is 1.54 bits per heavy atom. The number of pyridine rings is 1. The maximum Gasteiger partial charge on any atom is 0.488 e. The fourth-order valence-electron chi connectivity index (χ4n) is 0.632. The van der Waals surface area contributed by atoms with E-state index in [4.69, 9.17) is 10.0 Å². The first-order chi connectivity index (χ1) is 6.09. The summed E-state index contributed by atoms with van der Waals surface area (Å²) in [4.78, 5) is 2.76. The molecule has 1 heterocycles. The first-order valence-corrected chi connectivity index (χ1v) is 3.78. The molecule has 0 aliphatic heterocycles. The van der Waals surface area contributed by atoms with Gasteiger partial charge in [-0.3, -0.25) is 0 Å². The number of nitrogens with zero attached hydrogens (tertiary/aromatic N) is 1. The van der Waals surface area contributed by atoms with Gasteiger partial charge in [-0.1, -0.05) is 13.8 Å². The number of halogens is 2. The molecule has 2 N–H and O–H groups in total. The summed E-state index contributed by atoms with van der Waals surface area (Å²) in [5.41, 5.74) is -0.255. The molecular weight excluding hydrogens is 179 g/mol. The largest absolute Gasteiger partial charge is 0.488 e. The molecule has 0 bridgehead atoms. The highest BCUT2D eigenvalue weighted by Crippen LogP contribution is 1.93. The van der Waals surface area contributed by atoms with Crippen molar-refractivity contribution in [3.8, 4) is 0 Å². The minimum Gasteiger partial charge on any atom is -0.423 e. The van der Waals surface area contributed by atoms with Gasteiger partial charge in [-0.15, -0.1) is 0 Å². The predicted molar refractivity (Wildman–Crippen MR) is 45.3 cm³/mol. The van der Waals surface area contributed by atoms with Crippen LogP contribution in [0.5, 0.6) is 0 Å². The first kappa shape index (κ1) is 12.0. The zero-order valence-electron chi connectivity index (χ0n) is 7.33. The van der Waals surface area contributed by atoms with Crippen LogP contribution in [0.1, 0.15) is 13.8 Å². The van der Waals surface area contributed by atoms with E-state index in [2.05, 4.69) is 4.98 Å². The molecule has 0 aliphatic rings. The van der Waals surface area contributed by atoms with Crippen LogP contribution in [-0.4, -0.2) is 22.2 Å². The van der Waals surface area contributed by atoms with E-state index in [9.17, 15) is 8.78 Å². The lowest BCUT2D eigenvalue weighted by Gasteiger charge is -1.97. The second kappa shape index (κ2) is 5.61. The molecule has 0 unspecified atom stereocenters. The van der Waals surface area contributed by atoms with E-state index < -0.39 is 19.0 Å². The molecular formula is C7H10BF2NO2. The topological polar surface area (TPSA) is 53.4 Å². The minimum absolute atomic E-state index is 0.255. The Morgan fingerprint density at radius 3 is 1.85 bits per heavy atom. The van der Waals surface area contributed by atoms with E-state index in [1.165, 1.54) is 0 Å². The first-order valence-electron chi connectivity index (χ1n) is 3.78. The summed E-state index contributed by atoms with van der Waals surface area (Å²) in [5.74, 6) is -2.15. The third-order valence-corrected chi connectivity index (χ3v) is 1.08. The van der Waals surface area contributed by atoms with E-state index in [0.717, 1.165) is 12.1 Å². The molecule has 0 fully saturated rings. The maximum absolute atomic E-state index is 12.2. The molecule has 0 aromatic carbocycles. The van der Waals surface area contributed by atoms with Crippen LogP contribution in [0.2, 0.25) is 0 Å². The average molecular weight is 189 g/mol. The Morgan fingerprint density at radius 1 is 1.15 bits per heavy atom. The van der Waals surface area contributed by atoms with E-state index >= 15 is 0 Å². The van der Waals surface area contributed by atoms with E-state index in [1.807, 2.05) is 13.8 Å². The highest BCUT2D eigenvalue weighted by atomic mass is 19.1. The van der Waals surface area contributed by atoms with Gasteiger partial charge < -0.3 is 10.0 Å².